The second-order valence-corrected chi connectivity index (χ2v) is 4.57. The first-order chi connectivity index (χ1) is 8.74. The van der Waals surface area contributed by atoms with Crippen molar-refractivity contribution in [1.82, 2.24) is 0 Å². The lowest BCUT2D eigenvalue weighted by Gasteiger charge is -2.11. The summed E-state index contributed by atoms with van der Waals surface area (Å²) < 4.78 is 5.76. The zero-order valence-electron chi connectivity index (χ0n) is 9.36. The third-order valence-electron chi connectivity index (χ3n) is 2.38. The maximum atomic E-state index is 8.84. The van der Waals surface area contributed by atoms with Crippen molar-refractivity contribution in [3.8, 4) is 17.6 Å². The summed E-state index contributed by atoms with van der Waals surface area (Å²) in [5.74, 6) is 1.22. The summed E-state index contributed by atoms with van der Waals surface area (Å²) in [6.07, 6.45) is 0. The zero-order valence-corrected chi connectivity index (χ0v) is 11.7. The van der Waals surface area contributed by atoms with E-state index in [0.717, 1.165) is 5.56 Å². The summed E-state index contributed by atoms with van der Waals surface area (Å²) in [6, 6.07) is 14.6. The van der Waals surface area contributed by atoms with Crippen LogP contribution in [0.2, 0.25) is 5.02 Å². The van der Waals surface area contributed by atoms with Gasteiger partial charge >= 0.3 is 0 Å². The van der Waals surface area contributed by atoms with Gasteiger partial charge in [-0.05, 0) is 24.3 Å². The highest BCUT2D eigenvalue weighted by Gasteiger charge is 2.09. The highest BCUT2D eigenvalue weighted by Crippen LogP contribution is 2.34. The lowest BCUT2D eigenvalue weighted by Crippen LogP contribution is -1.91. The normalized spacial score (nSPS) is 9.83. The fourth-order valence-corrected chi connectivity index (χ4v) is 2.19. The Morgan fingerprint density at radius 3 is 2.72 bits per heavy atom. The number of ether oxygens (including phenoxy) is 1. The molecule has 0 N–H and O–H groups in total. The number of nitrogens with zero attached hydrogens (tertiary/aromatic N) is 1. The van der Waals surface area contributed by atoms with Crippen molar-refractivity contribution < 1.29 is 4.74 Å². The Balaban J connectivity index is 2.37. The van der Waals surface area contributed by atoms with Crippen LogP contribution in [0.25, 0.3) is 0 Å². The molecule has 18 heavy (non-hydrogen) atoms. The molecule has 0 aromatic heterocycles. The minimum absolute atomic E-state index is 0.550. The predicted octanol–water partition coefficient (Wildman–Crippen LogP) is 4.90. The molecular formula is C14H9BrClNO. The number of para-hydroxylation sites is 1. The lowest BCUT2D eigenvalue weighted by molar-refractivity contribution is 0.478. The van der Waals surface area contributed by atoms with Gasteiger partial charge in [-0.15, -0.1) is 0 Å². The maximum absolute atomic E-state index is 8.84. The average molecular weight is 323 g/mol. The fraction of sp³-hybridized carbons (Fsp3) is 0.0714. The molecule has 0 spiro atoms. The van der Waals surface area contributed by atoms with Gasteiger partial charge < -0.3 is 4.74 Å². The Morgan fingerprint density at radius 1 is 1.22 bits per heavy atom. The van der Waals surface area contributed by atoms with E-state index in [2.05, 4.69) is 22.0 Å². The second kappa shape index (κ2) is 5.90. The summed E-state index contributed by atoms with van der Waals surface area (Å²) in [7, 11) is 0. The molecule has 0 aliphatic rings. The minimum atomic E-state index is 0.550. The standard InChI is InChI=1S/C14H9BrClNO/c15-8-11-4-2-6-13(16)14(11)18-12-5-1-3-10(7-12)9-17/h1-7H,8H2. The van der Waals surface area contributed by atoms with Crippen LogP contribution in [0.1, 0.15) is 11.1 Å². The van der Waals surface area contributed by atoms with E-state index in [1.165, 1.54) is 0 Å². The maximum Gasteiger partial charge on any atom is 0.150 e. The zero-order chi connectivity index (χ0) is 13.0. The van der Waals surface area contributed by atoms with E-state index in [0.29, 0.717) is 27.4 Å². The minimum Gasteiger partial charge on any atom is -0.455 e. The predicted molar refractivity (Wildman–Crippen MR) is 75.3 cm³/mol. The molecule has 4 heteroatoms. The topological polar surface area (TPSA) is 33.0 Å². The van der Waals surface area contributed by atoms with E-state index in [4.69, 9.17) is 21.6 Å². The van der Waals surface area contributed by atoms with Crippen LogP contribution in [0.5, 0.6) is 11.5 Å². The Labute approximate surface area is 119 Å². The molecular weight excluding hydrogens is 314 g/mol. The molecule has 2 aromatic rings. The van der Waals surface area contributed by atoms with Crippen LogP contribution in [0.15, 0.2) is 42.5 Å². The molecule has 0 fully saturated rings. The lowest BCUT2D eigenvalue weighted by atomic mass is 10.2. The Bertz CT molecular complexity index is 607. The van der Waals surface area contributed by atoms with E-state index in [9.17, 15) is 0 Å². The summed E-state index contributed by atoms with van der Waals surface area (Å²) in [5.41, 5.74) is 1.52. The molecule has 0 aliphatic heterocycles. The van der Waals surface area contributed by atoms with Gasteiger partial charge in [0, 0.05) is 10.9 Å². The van der Waals surface area contributed by atoms with Crippen molar-refractivity contribution in [2.75, 3.05) is 0 Å². The summed E-state index contributed by atoms with van der Waals surface area (Å²) in [6.45, 7) is 0. The monoisotopic (exact) mass is 321 g/mol. The number of benzene rings is 2. The van der Waals surface area contributed by atoms with Gasteiger partial charge in [0.15, 0.2) is 0 Å². The SMILES string of the molecule is N#Cc1cccc(Oc2c(Cl)cccc2CBr)c1. The molecule has 0 bridgehead atoms. The van der Waals surface area contributed by atoms with Gasteiger partial charge in [-0.3, -0.25) is 0 Å². The molecule has 0 unspecified atom stereocenters. The molecule has 2 nitrogen and oxygen atoms in total. The highest BCUT2D eigenvalue weighted by molar-refractivity contribution is 9.08. The Kier molecular flexibility index (Phi) is 4.24. The van der Waals surface area contributed by atoms with Crippen LogP contribution in [-0.4, -0.2) is 0 Å². The molecule has 0 radical (unpaired) electrons. The smallest absolute Gasteiger partial charge is 0.150 e. The van der Waals surface area contributed by atoms with Gasteiger partial charge in [0.25, 0.3) is 0 Å². The number of hydrogen-bond donors (Lipinski definition) is 0. The van der Waals surface area contributed by atoms with Crippen LogP contribution in [-0.2, 0) is 5.33 Å². The summed E-state index contributed by atoms with van der Waals surface area (Å²) >= 11 is 9.51. The van der Waals surface area contributed by atoms with Gasteiger partial charge in [-0.25, -0.2) is 0 Å². The first-order valence-electron chi connectivity index (χ1n) is 5.26. The first-order valence-corrected chi connectivity index (χ1v) is 6.76. The van der Waals surface area contributed by atoms with Gasteiger partial charge in [0.05, 0.1) is 16.7 Å². The van der Waals surface area contributed by atoms with E-state index in [1.54, 1.807) is 30.3 Å². The second-order valence-electron chi connectivity index (χ2n) is 3.60. The molecule has 0 saturated carbocycles. The number of halogens is 2. The number of alkyl halides is 1. The molecule has 2 rings (SSSR count). The van der Waals surface area contributed by atoms with E-state index >= 15 is 0 Å². The molecule has 0 saturated heterocycles. The quantitative estimate of drug-likeness (QED) is 0.753. The van der Waals surface area contributed by atoms with Gasteiger partial charge in [-0.2, -0.15) is 5.26 Å². The number of hydrogen-bond acceptors (Lipinski definition) is 2. The Morgan fingerprint density at radius 2 is 2.00 bits per heavy atom. The van der Waals surface area contributed by atoms with Crippen LogP contribution in [0.4, 0.5) is 0 Å². The molecule has 0 aliphatic carbocycles. The molecule has 2 aromatic carbocycles. The Hall–Kier alpha value is -1.50. The van der Waals surface area contributed by atoms with Crippen LogP contribution in [0.3, 0.4) is 0 Å². The van der Waals surface area contributed by atoms with Gasteiger partial charge in [-0.1, -0.05) is 45.7 Å². The number of nitriles is 1. The van der Waals surface area contributed by atoms with Gasteiger partial charge in [0.1, 0.15) is 11.5 Å². The third-order valence-corrected chi connectivity index (χ3v) is 3.28. The van der Waals surface area contributed by atoms with Crippen molar-refractivity contribution in [2.45, 2.75) is 5.33 Å². The first kappa shape index (κ1) is 12.9. The largest absolute Gasteiger partial charge is 0.455 e. The molecule has 90 valence electrons. The van der Waals surface area contributed by atoms with Crippen molar-refractivity contribution in [2.24, 2.45) is 0 Å². The highest BCUT2D eigenvalue weighted by atomic mass is 79.9. The number of rotatable bonds is 3. The van der Waals surface area contributed by atoms with Crippen LogP contribution >= 0.6 is 27.5 Å². The van der Waals surface area contributed by atoms with Crippen molar-refractivity contribution in [1.29, 1.82) is 5.26 Å². The van der Waals surface area contributed by atoms with Crippen molar-refractivity contribution in [3.05, 3.63) is 58.6 Å². The van der Waals surface area contributed by atoms with E-state index < -0.39 is 0 Å². The van der Waals surface area contributed by atoms with Crippen LogP contribution in [0, 0.1) is 11.3 Å². The average Bonchev–Trinajstić information content (AvgIpc) is 2.41. The van der Waals surface area contributed by atoms with Crippen molar-refractivity contribution >= 4 is 27.5 Å². The molecule has 0 amide bonds. The van der Waals surface area contributed by atoms with Crippen molar-refractivity contribution in [3.63, 3.8) is 0 Å². The van der Waals surface area contributed by atoms with E-state index in [1.807, 2.05) is 12.1 Å². The summed E-state index contributed by atoms with van der Waals surface area (Å²) in [5, 5.41) is 10.0. The fourth-order valence-electron chi connectivity index (χ4n) is 1.52. The van der Waals surface area contributed by atoms with Crippen LogP contribution < -0.4 is 4.74 Å². The third kappa shape index (κ3) is 2.84. The van der Waals surface area contributed by atoms with Gasteiger partial charge in [0.2, 0.25) is 0 Å². The molecule has 0 heterocycles. The molecule has 0 atom stereocenters. The van der Waals surface area contributed by atoms with E-state index in [-0.39, 0.29) is 0 Å². The summed E-state index contributed by atoms with van der Waals surface area (Å²) in [4.78, 5) is 0.